The van der Waals surface area contributed by atoms with Gasteiger partial charge in [-0.25, -0.2) is 4.68 Å². The van der Waals surface area contributed by atoms with Crippen LogP contribution in [0.4, 0.5) is 0 Å². The second-order valence-corrected chi connectivity index (χ2v) is 10.1. The van der Waals surface area contributed by atoms with Crippen molar-refractivity contribution < 1.29 is 4.74 Å². The Balaban J connectivity index is 1.51. The lowest BCUT2D eigenvalue weighted by atomic mass is 9.93. The van der Waals surface area contributed by atoms with Gasteiger partial charge in [-0.05, 0) is 60.2 Å². The van der Waals surface area contributed by atoms with E-state index in [0.717, 1.165) is 42.6 Å². The maximum atomic E-state index is 13.5. The van der Waals surface area contributed by atoms with E-state index in [-0.39, 0.29) is 11.6 Å². The summed E-state index contributed by atoms with van der Waals surface area (Å²) in [6, 6.07) is 6.66. The van der Waals surface area contributed by atoms with Crippen LogP contribution < -0.4 is 5.56 Å². The Morgan fingerprint density at radius 3 is 2.60 bits per heavy atom. The number of hydrogen-bond acceptors (Lipinski definition) is 7. The Morgan fingerprint density at radius 2 is 1.86 bits per heavy atom. The maximum Gasteiger partial charge on any atom is 0.253 e. The predicted octanol–water partition coefficient (Wildman–Crippen LogP) is 2.82. The minimum Gasteiger partial charge on any atom is -0.383 e. The van der Waals surface area contributed by atoms with Crippen molar-refractivity contribution in [3.8, 4) is 0 Å². The number of aromatic amines is 1. The molecule has 2 fully saturated rings. The second kappa shape index (κ2) is 10.6. The Labute approximate surface area is 206 Å². The van der Waals surface area contributed by atoms with Crippen LogP contribution in [-0.4, -0.2) is 80.9 Å². The zero-order chi connectivity index (χ0) is 24.4. The van der Waals surface area contributed by atoms with Gasteiger partial charge >= 0.3 is 0 Å². The van der Waals surface area contributed by atoms with Gasteiger partial charge in [-0.2, -0.15) is 0 Å². The van der Waals surface area contributed by atoms with Crippen LogP contribution in [0.1, 0.15) is 60.7 Å². The molecule has 1 aromatic carbocycles. The van der Waals surface area contributed by atoms with Crippen LogP contribution in [-0.2, 0) is 11.3 Å². The number of tetrazole rings is 1. The summed E-state index contributed by atoms with van der Waals surface area (Å²) in [5.74, 6) is 0.697. The number of fused-ring (bicyclic) bond motifs is 1. The summed E-state index contributed by atoms with van der Waals surface area (Å²) in [5, 5.41) is 13.7. The molecule has 188 valence electrons. The molecule has 1 aliphatic heterocycles. The first-order chi connectivity index (χ1) is 17.0. The zero-order valence-electron chi connectivity index (χ0n) is 21.2. The summed E-state index contributed by atoms with van der Waals surface area (Å²) in [6.45, 7) is 8.94. The molecule has 5 rings (SSSR count). The molecule has 1 atom stereocenters. The van der Waals surface area contributed by atoms with E-state index in [1.807, 2.05) is 13.0 Å². The zero-order valence-corrected chi connectivity index (χ0v) is 21.2. The van der Waals surface area contributed by atoms with Crippen molar-refractivity contribution in [1.29, 1.82) is 0 Å². The molecule has 1 aliphatic carbocycles. The number of methoxy groups -OCH3 is 1. The molecule has 0 amide bonds. The summed E-state index contributed by atoms with van der Waals surface area (Å²) in [7, 11) is 1.67. The summed E-state index contributed by atoms with van der Waals surface area (Å²) in [4.78, 5) is 21.7. The minimum absolute atomic E-state index is 0.0783. The van der Waals surface area contributed by atoms with Crippen LogP contribution >= 0.6 is 0 Å². The third-order valence-corrected chi connectivity index (χ3v) is 7.73. The van der Waals surface area contributed by atoms with Gasteiger partial charge in [0.1, 0.15) is 6.04 Å². The average molecular weight is 480 g/mol. The molecule has 9 nitrogen and oxygen atoms in total. The van der Waals surface area contributed by atoms with Gasteiger partial charge in [0.25, 0.3) is 5.56 Å². The number of rotatable bonds is 7. The number of aromatic nitrogens is 5. The summed E-state index contributed by atoms with van der Waals surface area (Å²) < 4.78 is 7.07. The molecule has 1 saturated carbocycles. The molecule has 0 unspecified atom stereocenters. The molecule has 0 bridgehead atoms. The minimum atomic E-state index is -0.315. The molecular weight excluding hydrogens is 442 g/mol. The largest absolute Gasteiger partial charge is 0.383 e. The predicted molar refractivity (Wildman–Crippen MR) is 136 cm³/mol. The Hall–Kier alpha value is -2.62. The second-order valence-electron chi connectivity index (χ2n) is 10.1. The fourth-order valence-corrected chi connectivity index (χ4v) is 5.96. The van der Waals surface area contributed by atoms with Crippen LogP contribution in [0.25, 0.3) is 10.9 Å². The molecule has 3 aromatic rings. The molecule has 3 heterocycles. The third-order valence-electron chi connectivity index (χ3n) is 7.73. The number of ether oxygens (including phenoxy) is 1. The van der Waals surface area contributed by atoms with E-state index >= 15 is 0 Å². The van der Waals surface area contributed by atoms with Crippen molar-refractivity contribution in [3.05, 3.63) is 51.1 Å². The molecule has 1 N–H and O–H groups in total. The number of nitrogens with one attached hydrogen (secondary N) is 1. The van der Waals surface area contributed by atoms with Crippen LogP contribution in [0, 0.1) is 13.8 Å². The molecule has 9 heteroatoms. The number of H-pyrrole nitrogens is 1. The van der Waals surface area contributed by atoms with Crippen molar-refractivity contribution in [2.75, 3.05) is 39.9 Å². The van der Waals surface area contributed by atoms with Gasteiger partial charge < -0.3 is 9.72 Å². The van der Waals surface area contributed by atoms with Crippen molar-refractivity contribution in [3.63, 3.8) is 0 Å². The van der Waals surface area contributed by atoms with Crippen molar-refractivity contribution in [1.82, 2.24) is 35.0 Å². The smallest absolute Gasteiger partial charge is 0.253 e. The number of nitrogens with zero attached hydrogens (tertiary/aromatic N) is 6. The summed E-state index contributed by atoms with van der Waals surface area (Å²) >= 11 is 0. The van der Waals surface area contributed by atoms with Gasteiger partial charge in [-0.3, -0.25) is 14.6 Å². The standard InChI is InChI=1S/C26H37N7O2/c1-18-15-19(2)23-20(16-18)17-22(26(34)27-23)24(25-28-29-30-33(25)13-14-35-3)32-11-9-31(10-12-32)21-7-5-4-6-8-21/h15-17,21,24H,4-14H2,1-3H3,(H,27,34)/t24-/m0/s1. The van der Waals surface area contributed by atoms with Crippen molar-refractivity contribution >= 4 is 10.9 Å². The molecule has 1 saturated heterocycles. The van der Waals surface area contributed by atoms with Gasteiger partial charge in [0.2, 0.25) is 0 Å². The molecule has 0 radical (unpaired) electrons. The summed E-state index contributed by atoms with van der Waals surface area (Å²) in [6.07, 6.45) is 6.66. The van der Waals surface area contributed by atoms with Crippen LogP contribution in [0.5, 0.6) is 0 Å². The van der Waals surface area contributed by atoms with Gasteiger partial charge in [0.05, 0.1) is 18.7 Å². The van der Waals surface area contributed by atoms with E-state index < -0.39 is 0 Å². The number of benzene rings is 1. The number of piperazine rings is 1. The van der Waals surface area contributed by atoms with Crippen LogP contribution in [0.15, 0.2) is 23.0 Å². The lowest BCUT2D eigenvalue weighted by Crippen LogP contribution is -2.52. The monoisotopic (exact) mass is 479 g/mol. The van der Waals surface area contributed by atoms with E-state index in [2.05, 4.69) is 49.4 Å². The van der Waals surface area contributed by atoms with E-state index in [1.165, 1.54) is 37.7 Å². The van der Waals surface area contributed by atoms with Crippen molar-refractivity contribution in [2.24, 2.45) is 0 Å². The molecule has 2 aromatic heterocycles. The number of hydrogen-bond donors (Lipinski definition) is 1. The molecule has 35 heavy (non-hydrogen) atoms. The van der Waals surface area contributed by atoms with Gasteiger partial charge in [0.15, 0.2) is 5.82 Å². The van der Waals surface area contributed by atoms with E-state index in [0.29, 0.717) is 30.6 Å². The quantitative estimate of drug-likeness (QED) is 0.557. The first kappa shape index (κ1) is 24.1. The fraction of sp³-hybridized carbons (Fsp3) is 0.615. The van der Waals surface area contributed by atoms with E-state index in [1.54, 1.807) is 11.8 Å². The fourth-order valence-electron chi connectivity index (χ4n) is 5.96. The lowest BCUT2D eigenvalue weighted by molar-refractivity contribution is 0.0612. The Morgan fingerprint density at radius 1 is 1.09 bits per heavy atom. The molecule has 0 spiro atoms. The Kier molecular flexibility index (Phi) is 7.27. The first-order valence-electron chi connectivity index (χ1n) is 12.9. The van der Waals surface area contributed by atoms with E-state index in [9.17, 15) is 4.79 Å². The third kappa shape index (κ3) is 5.03. The molecular formula is C26H37N7O2. The first-order valence-corrected chi connectivity index (χ1v) is 12.9. The van der Waals surface area contributed by atoms with Crippen LogP contribution in [0.3, 0.4) is 0 Å². The molecule has 2 aliphatic rings. The Bertz CT molecular complexity index is 1210. The maximum absolute atomic E-state index is 13.5. The van der Waals surface area contributed by atoms with E-state index in [4.69, 9.17) is 4.74 Å². The van der Waals surface area contributed by atoms with Gasteiger partial charge in [-0.1, -0.05) is 30.9 Å². The highest BCUT2D eigenvalue weighted by atomic mass is 16.5. The summed E-state index contributed by atoms with van der Waals surface area (Å²) in [5.41, 5.74) is 3.76. The average Bonchev–Trinajstić information content (AvgIpc) is 3.33. The SMILES string of the molecule is COCCn1nnnc1[C@H](c1cc2cc(C)cc(C)c2[nH]c1=O)N1CCN(C2CCCCC2)CC1. The number of aryl methyl sites for hydroxylation is 2. The van der Waals surface area contributed by atoms with Crippen molar-refractivity contribution in [2.45, 2.75) is 64.6 Å². The highest BCUT2D eigenvalue weighted by Crippen LogP contribution is 2.30. The highest BCUT2D eigenvalue weighted by Gasteiger charge is 2.34. The normalized spacial score (nSPS) is 19.4. The topological polar surface area (TPSA) is 92.2 Å². The number of pyridine rings is 1. The van der Waals surface area contributed by atoms with Crippen LogP contribution in [0.2, 0.25) is 0 Å². The van der Waals surface area contributed by atoms with Gasteiger partial charge in [-0.15, -0.1) is 5.10 Å². The highest BCUT2D eigenvalue weighted by molar-refractivity contribution is 5.83. The van der Waals surface area contributed by atoms with Gasteiger partial charge in [0, 0.05) is 44.9 Å². The lowest BCUT2D eigenvalue weighted by Gasteiger charge is -2.43.